The summed E-state index contributed by atoms with van der Waals surface area (Å²) >= 11 is 13.7. The molecule has 7 heteroatoms. The van der Waals surface area contributed by atoms with Crippen molar-refractivity contribution in [2.45, 2.75) is 50.6 Å². The third-order valence-corrected chi connectivity index (χ3v) is 7.88. The molecule has 0 amide bonds. The molecule has 3 aromatic rings. The first-order chi connectivity index (χ1) is 15.1. The van der Waals surface area contributed by atoms with Gasteiger partial charge in [0.2, 0.25) is 5.13 Å². The molecule has 0 saturated heterocycles. The fraction of sp³-hybridized carbons (Fsp3) is 0.417. The van der Waals surface area contributed by atoms with Crippen molar-refractivity contribution in [1.29, 1.82) is 0 Å². The third kappa shape index (κ3) is 5.06. The Morgan fingerprint density at radius 1 is 0.968 bits per heavy atom. The first-order valence-electron chi connectivity index (χ1n) is 10.9. The fourth-order valence-electron chi connectivity index (χ4n) is 5.01. The molecule has 0 bridgehead atoms. The summed E-state index contributed by atoms with van der Waals surface area (Å²) in [5, 5.41) is 9.86. The molecule has 2 fully saturated rings. The van der Waals surface area contributed by atoms with E-state index >= 15 is 0 Å². The number of nitrogens with one attached hydrogen (secondary N) is 2. The maximum Gasteiger partial charge on any atom is 0.202 e. The van der Waals surface area contributed by atoms with Crippen molar-refractivity contribution in [2.24, 2.45) is 5.41 Å². The van der Waals surface area contributed by atoms with Gasteiger partial charge in [-0.25, -0.2) is 4.98 Å². The molecule has 2 aliphatic carbocycles. The van der Waals surface area contributed by atoms with E-state index in [-0.39, 0.29) is 0 Å². The lowest BCUT2D eigenvalue weighted by atomic mass is 9.52. The van der Waals surface area contributed by atoms with E-state index in [4.69, 9.17) is 23.2 Å². The lowest BCUT2D eigenvalue weighted by Crippen LogP contribution is -2.58. The first-order valence-corrected chi connectivity index (χ1v) is 12.4. The predicted molar refractivity (Wildman–Crippen MR) is 129 cm³/mol. The number of halogens is 2. The van der Waals surface area contributed by atoms with E-state index in [2.05, 4.69) is 32.1 Å². The summed E-state index contributed by atoms with van der Waals surface area (Å²) in [6.45, 7) is 0.993. The van der Waals surface area contributed by atoms with Crippen LogP contribution in [0.15, 0.2) is 48.5 Å². The van der Waals surface area contributed by atoms with Crippen molar-refractivity contribution in [1.82, 2.24) is 14.7 Å². The van der Waals surface area contributed by atoms with Gasteiger partial charge in [0.05, 0.1) is 0 Å². The number of aromatic nitrogens is 2. The van der Waals surface area contributed by atoms with Gasteiger partial charge in [0.25, 0.3) is 0 Å². The van der Waals surface area contributed by atoms with Crippen molar-refractivity contribution in [2.75, 3.05) is 11.9 Å². The number of hydrogen-bond donors (Lipinski definition) is 2. The van der Waals surface area contributed by atoms with Crippen molar-refractivity contribution >= 4 is 39.9 Å². The maximum absolute atomic E-state index is 6.25. The minimum atomic E-state index is 0.528. The Balaban J connectivity index is 1.02. The smallest absolute Gasteiger partial charge is 0.202 e. The average molecular weight is 473 g/mol. The molecule has 1 aromatic heterocycles. The van der Waals surface area contributed by atoms with Gasteiger partial charge in [-0.2, -0.15) is 4.37 Å². The molecule has 5 rings (SSSR count). The topological polar surface area (TPSA) is 49.8 Å². The first kappa shape index (κ1) is 21.2. The Morgan fingerprint density at radius 2 is 1.71 bits per heavy atom. The molecule has 0 radical (unpaired) electrons. The van der Waals surface area contributed by atoms with Crippen LogP contribution in [-0.4, -0.2) is 28.0 Å². The molecule has 31 heavy (non-hydrogen) atoms. The summed E-state index contributed by atoms with van der Waals surface area (Å²) in [4.78, 5) is 4.67. The molecule has 1 spiro atoms. The highest BCUT2D eigenvalue weighted by atomic mass is 35.5. The van der Waals surface area contributed by atoms with Crippen LogP contribution in [0.1, 0.15) is 42.6 Å². The Kier molecular flexibility index (Phi) is 6.20. The fourth-order valence-corrected chi connectivity index (χ4v) is 6.03. The zero-order chi connectivity index (χ0) is 21.3. The molecule has 2 N–H and O–H groups in total. The second-order valence-corrected chi connectivity index (χ2v) is 10.6. The summed E-state index contributed by atoms with van der Waals surface area (Å²) in [5.41, 5.74) is 2.95. The van der Waals surface area contributed by atoms with E-state index in [9.17, 15) is 0 Å². The van der Waals surface area contributed by atoms with Gasteiger partial charge < -0.3 is 10.6 Å². The number of benzene rings is 2. The molecule has 4 nitrogen and oxygen atoms in total. The third-order valence-electron chi connectivity index (χ3n) is 6.57. The second-order valence-electron chi connectivity index (χ2n) is 8.97. The van der Waals surface area contributed by atoms with Crippen molar-refractivity contribution in [3.8, 4) is 0 Å². The monoisotopic (exact) mass is 472 g/mol. The van der Waals surface area contributed by atoms with E-state index in [0.29, 0.717) is 17.5 Å². The zero-order valence-corrected chi connectivity index (χ0v) is 19.6. The van der Waals surface area contributed by atoms with Gasteiger partial charge in [-0.3, -0.25) is 0 Å². The van der Waals surface area contributed by atoms with Crippen LogP contribution >= 0.6 is 34.7 Å². The van der Waals surface area contributed by atoms with Crippen molar-refractivity contribution in [3.05, 3.63) is 75.5 Å². The normalized spacial score (nSPS) is 24.6. The van der Waals surface area contributed by atoms with Crippen LogP contribution in [0.3, 0.4) is 0 Å². The van der Waals surface area contributed by atoms with Crippen LogP contribution in [0, 0.1) is 5.41 Å². The van der Waals surface area contributed by atoms with Crippen LogP contribution in [0.2, 0.25) is 10.0 Å². The van der Waals surface area contributed by atoms with Crippen molar-refractivity contribution in [3.63, 3.8) is 0 Å². The number of anilines is 1. The SMILES string of the molecule is Clc1ccc(Cc2nsc(NC3CC4(CC(NCCc5ccccc5Cl)C4)C3)n2)cc1. The molecular formula is C24H26Cl2N4S. The van der Waals surface area contributed by atoms with Crippen LogP contribution in [0.4, 0.5) is 5.13 Å². The van der Waals surface area contributed by atoms with Gasteiger partial charge >= 0.3 is 0 Å². The van der Waals surface area contributed by atoms with Gasteiger partial charge in [-0.15, -0.1) is 0 Å². The molecular weight excluding hydrogens is 447 g/mol. The average Bonchev–Trinajstić information content (AvgIpc) is 3.14. The summed E-state index contributed by atoms with van der Waals surface area (Å²) < 4.78 is 4.51. The Morgan fingerprint density at radius 3 is 2.48 bits per heavy atom. The molecule has 1 heterocycles. The number of nitrogens with zero attached hydrogens (tertiary/aromatic N) is 2. The molecule has 2 aliphatic rings. The Bertz CT molecular complexity index is 1020. The molecule has 0 unspecified atom stereocenters. The molecule has 162 valence electrons. The largest absolute Gasteiger partial charge is 0.358 e. The highest BCUT2D eigenvalue weighted by Gasteiger charge is 2.52. The summed E-state index contributed by atoms with van der Waals surface area (Å²) in [6, 6.07) is 17.2. The van der Waals surface area contributed by atoms with Crippen LogP contribution in [0.25, 0.3) is 0 Å². The molecule has 0 atom stereocenters. The highest BCUT2D eigenvalue weighted by Crippen LogP contribution is 2.56. The summed E-state index contributed by atoms with van der Waals surface area (Å²) in [7, 11) is 0. The number of rotatable bonds is 8. The zero-order valence-electron chi connectivity index (χ0n) is 17.3. The predicted octanol–water partition coefficient (Wildman–Crippen LogP) is 5.99. The molecule has 2 aromatic carbocycles. The van der Waals surface area contributed by atoms with Gasteiger partial charge in [0.15, 0.2) is 0 Å². The van der Waals surface area contributed by atoms with Crippen LogP contribution in [-0.2, 0) is 12.8 Å². The van der Waals surface area contributed by atoms with Gasteiger partial charge in [0, 0.05) is 40.1 Å². The van der Waals surface area contributed by atoms with E-state index in [0.717, 1.165) is 40.4 Å². The van der Waals surface area contributed by atoms with E-state index in [1.54, 1.807) is 0 Å². The van der Waals surface area contributed by atoms with E-state index in [1.165, 1.54) is 48.3 Å². The molecule has 0 aliphatic heterocycles. The molecule has 2 saturated carbocycles. The maximum atomic E-state index is 6.25. The van der Waals surface area contributed by atoms with E-state index in [1.807, 2.05) is 36.4 Å². The van der Waals surface area contributed by atoms with E-state index < -0.39 is 0 Å². The van der Waals surface area contributed by atoms with Gasteiger partial charge in [-0.05, 0) is 73.4 Å². The summed E-state index contributed by atoms with van der Waals surface area (Å²) in [6.07, 6.45) is 6.77. The summed E-state index contributed by atoms with van der Waals surface area (Å²) in [5.74, 6) is 0.871. The van der Waals surface area contributed by atoms with Crippen LogP contribution in [0.5, 0.6) is 0 Å². The van der Waals surface area contributed by atoms with Crippen LogP contribution < -0.4 is 10.6 Å². The Hall–Kier alpha value is -1.66. The lowest BCUT2D eigenvalue weighted by Gasteiger charge is -2.58. The second kappa shape index (κ2) is 9.07. The minimum Gasteiger partial charge on any atom is -0.358 e. The van der Waals surface area contributed by atoms with Crippen molar-refractivity contribution < 1.29 is 0 Å². The van der Waals surface area contributed by atoms with Gasteiger partial charge in [0.1, 0.15) is 5.82 Å². The quantitative estimate of drug-likeness (QED) is 0.422. The van der Waals surface area contributed by atoms with Gasteiger partial charge in [-0.1, -0.05) is 53.5 Å². The Labute approximate surface area is 197 Å². The minimum absolute atomic E-state index is 0.528. The number of hydrogen-bond acceptors (Lipinski definition) is 5. The lowest BCUT2D eigenvalue weighted by molar-refractivity contribution is -0.0116. The standard InChI is InChI=1S/C24H26Cl2N4S/c25-18-7-5-16(6-8-18)11-22-29-23(31-30-22)28-20-14-24(15-20)12-19(13-24)27-10-9-17-3-1-2-4-21(17)26/h1-8,19-20,27H,9-15H2,(H,28,29,30). The highest BCUT2D eigenvalue weighted by molar-refractivity contribution is 7.09.